The van der Waals surface area contributed by atoms with E-state index in [9.17, 15) is 4.79 Å². The molecule has 4 aromatic rings. The molecule has 3 heterocycles. The van der Waals surface area contributed by atoms with Crippen LogP contribution in [0.3, 0.4) is 0 Å². The summed E-state index contributed by atoms with van der Waals surface area (Å²) in [5.74, 6) is 1.96. The minimum Gasteiger partial charge on any atom is -0.339 e. The molecule has 1 amide bonds. The molecule has 0 fully saturated rings. The Morgan fingerprint density at radius 1 is 1.14 bits per heavy atom. The van der Waals surface area contributed by atoms with Gasteiger partial charge in [0.2, 0.25) is 17.6 Å². The number of pyridine rings is 1. The molecular weight excluding hydrogens is 358 g/mol. The van der Waals surface area contributed by atoms with Gasteiger partial charge in [0.1, 0.15) is 11.5 Å². The van der Waals surface area contributed by atoms with Crippen molar-refractivity contribution in [3.8, 4) is 22.9 Å². The number of amides is 1. The molecule has 9 nitrogen and oxygen atoms in total. The Labute approximate surface area is 160 Å². The lowest BCUT2D eigenvalue weighted by Crippen LogP contribution is -2.12. The maximum atomic E-state index is 12.3. The van der Waals surface area contributed by atoms with Gasteiger partial charge in [-0.1, -0.05) is 23.4 Å². The average Bonchev–Trinajstić information content (AvgIpc) is 3.36. The third-order valence-electron chi connectivity index (χ3n) is 3.93. The first kappa shape index (κ1) is 17.5. The van der Waals surface area contributed by atoms with E-state index in [0.29, 0.717) is 35.3 Å². The SMILES string of the molecule is Cc1nc(-c2cccc(NC(=O)CCc3nc(-c4ccccn4)no3)c2)n[nH]1. The number of H-pyrrole nitrogens is 1. The molecular formula is C19H17N7O2. The van der Waals surface area contributed by atoms with E-state index in [0.717, 1.165) is 11.4 Å². The number of benzene rings is 1. The summed E-state index contributed by atoms with van der Waals surface area (Å²) in [5, 5.41) is 13.7. The number of nitrogens with zero attached hydrogens (tertiary/aromatic N) is 5. The van der Waals surface area contributed by atoms with Gasteiger partial charge in [-0.3, -0.25) is 14.9 Å². The van der Waals surface area contributed by atoms with Crippen LogP contribution in [0.15, 0.2) is 53.2 Å². The largest absolute Gasteiger partial charge is 0.339 e. The molecule has 0 atom stereocenters. The first-order chi connectivity index (χ1) is 13.7. The second-order valence-corrected chi connectivity index (χ2v) is 6.10. The van der Waals surface area contributed by atoms with Crippen LogP contribution in [0.4, 0.5) is 5.69 Å². The molecule has 0 bridgehead atoms. The van der Waals surface area contributed by atoms with E-state index in [1.54, 1.807) is 12.3 Å². The standard InChI is InChI=1S/C19H17N7O2/c1-12-21-18(25-24-12)13-5-4-6-14(11-13)22-16(27)8-9-17-23-19(26-28-17)15-7-2-3-10-20-15/h2-7,10-11H,8-9H2,1H3,(H,22,27)(H,21,24,25). The van der Waals surface area contributed by atoms with Gasteiger partial charge >= 0.3 is 0 Å². The average molecular weight is 375 g/mol. The Morgan fingerprint density at radius 2 is 2.07 bits per heavy atom. The summed E-state index contributed by atoms with van der Waals surface area (Å²) in [4.78, 5) is 25.0. The van der Waals surface area contributed by atoms with Crippen LogP contribution in [-0.4, -0.2) is 36.2 Å². The Balaban J connectivity index is 1.36. The predicted molar refractivity (Wildman–Crippen MR) is 101 cm³/mol. The molecule has 0 aliphatic heterocycles. The fraction of sp³-hybridized carbons (Fsp3) is 0.158. The van der Waals surface area contributed by atoms with Crippen molar-refractivity contribution in [1.29, 1.82) is 0 Å². The third kappa shape index (κ3) is 4.09. The first-order valence-electron chi connectivity index (χ1n) is 8.71. The smallest absolute Gasteiger partial charge is 0.227 e. The normalized spacial score (nSPS) is 10.8. The Hall–Kier alpha value is -3.88. The van der Waals surface area contributed by atoms with Gasteiger partial charge in [-0.2, -0.15) is 10.1 Å². The first-order valence-corrected chi connectivity index (χ1v) is 8.71. The summed E-state index contributed by atoms with van der Waals surface area (Å²) in [6, 6.07) is 12.8. The number of aryl methyl sites for hydroxylation is 2. The molecule has 3 aromatic heterocycles. The van der Waals surface area contributed by atoms with E-state index in [2.05, 4.69) is 35.6 Å². The third-order valence-corrected chi connectivity index (χ3v) is 3.93. The highest BCUT2D eigenvalue weighted by Crippen LogP contribution is 2.19. The summed E-state index contributed by atoms with van der Waals surface area (Å²) < 4.78 is 5.20. The molecule has 0 aliphatic carbocycles. The lowest BCUT2D eigenvalue weighted by atomic mass is 10.2. The highest BCUT2D eigenvalue weighted by molar-refractivity contribution is 5.91. The quantitative estimate of drug-likeness (QED) is 0.531. The van der Waals surface area contributed by atoms with Crippen molar-refractivity contribution in [3.05, 3.63) is 60.4 Å². The van der Waals surface area contributed by atoms with Crippen LogP contribution >= 0.6 is 0 Å². The number of hydrogen-bond acceptors (Lipinski definition) is 7. The fourth-order valence-corrected chi connectivity index (χ4v) is 2.61. The second-order valence-electron chi connectivity index (χ2n) is 6.10. The molecule has 9 heteroatoms. The summed E-state index contributed by atoms with van der Waals surface area (Å²) >= 11 is 0. The van der Waals surface area contributed by atoms with Crippen molar-refractivity contribution >= 4 is 11.6 Å². The van der Waals surface area contributed by atoms with Gasteiger partial charge in [0.25, 0.3) is 0 Å². The molecule has 2 N–H and O–H groups in total. The van der Waals surface area contributed by atoms with Crippen molar-refractivity contribution in [2.75, 3.05) is 5.32 Å². The second kappa shape index (κ2) is 7.78. The fourth-order valence-electron chi connectivity index (χ4n) is 2.61. The van der Waals surface area contributed by atoms with Crippen molar-refractivity contribution < 1.29 is 9.32 Å². The topological polar surface area (TPSA) is 122 Å². The van der Waals surface area contributed by atoms with E-state index >= 15 is 0 Å². The van der Waals surface area contributed by atoms with Crippen molar-refractivity contribution in [3.63, 3.8) is 0 Å². The molecule has 0 spiro atoms. The van der Waals surface area contributed by atoms with Gasteiger partial charge < -0.3 is 9.84 Å². The minimum atomic E-state index is -0.152. The Morgan fingerprint density at radius 3 is 2.86 bits per heavy atom. The van der Waals surface area contributed by atoms with Gasteiger partial charge in [0.15, 0.2) is 5.82 Å². The van der Waals surface area contributed by atoms with Crippen LogP contribution < -0.4 is 5.32 Å². The van der Waals surface area contributed by atoms with Crippen LogP contribution in [0, 0.1) is 6.92 Å². The van der Waals surface area contributed by atoms with Gasteiger partial charge in [0.05, 0.1) is 0 Å². The molecule has 1 aromatic carbocycles. The van der Waals surface area contributed by atoms with Crippen LogP contribution in [0.5, 0.6) is 0 Å². The number of carbonyl (C=O) groups is 1. The van der Waals surface area contributed by atoms with Crippen LogP contribution in [0.1, 0.15) is 18.1 Å². The van der Waals surface area contributed by atoms with Crippen molar-refractivity contribution in [2.45, 2.75) is 19.8 Å². The van der Waals surface area contributed by atoms with E-state index < -0.39 is 0 Å². The summed E-state index contributed by atoms with van der Waals surface area (Å²) in [6.45, 7) is 1.83. The molecule has 0 saturated heterocycles. The van der Waals surface area contributed by atoms with Crippen LogP contribution in [0.25, 0.3) is 22.9 Å². The summed E-state index contributed by atoms with van der Waals surface area (Å²) in [7, 11) is 0. The summed E-state index contributed by atoms with van der Waals surface area (Å²) in [6.07, 6.45) is 2.21. The number of anilines is 1. The highest BCUT2D eigenvalue weighted by Gasteiger charge is 2.12. The highest BCUT2D eigenvalue weighted by atomic mass is 16.5. The number of carbonyl (C=O) groups excluding carboxylic acids is 1. The monoisotopic (exact) mass is 375 g/mol. The van der Waals surface area contributed by atoms with Gasteiger partial charge in [0, 0.05) is 30.3 Å². The predicted octanol–water partition coefficient (Wildman–Crippen LogP) is 2.80. The molecule has 0 aliphatic rings. The number of nitrogens with one attached hydrogen (secondary N) is 2. The zero-order valence-corrected chi connectivity index (χ0v) is 15.1. The number of hydrogen-bond donors (Lipinski definition) is 2. The van der Waals surface area contributed by atoms with E-state index in [4.69, 9.17) is 4.52 Å². The molecule has 28 heavy (non-hydrogen) atoms. The Bertz CT molecular complexity index is 1090. The lowest BCUT2D eigenvalue weighted by Gasteiger charge is -2.05. The summed E-state index contributed by atoms with van der Waals surface area (Å²) in [5.41, 5.74) is 2.12. The molecule has 0 unspecified atom stereocenters. The van der Waals surface area contributed by atoms with Gasteiger partial charge in [-0.15, -0.1) is 0 Å². The number of rotatable bonds is 6. The number of aromatic amines is 1. The zero-order chi connectivity index (χ0) is 19.3. The Kier molecular flexibility index (Phi) is 4.87. The van der Waals surface area contributed by atoms with Crippen molar-refractivity contribution in [2.24, 2.45) is 0 Å². The maximum absolute atomic E-state index is 12.3. The zero-order valence-electron chi connectivity index (χ0n) is 15.1. The van der Waals surface area contributed by atoms with Crippen LogP contribution in [-0.2, 0) is 11.2 Å². The van der Waals surface area contributed by atoms with Gasteiger partial charge in [-0.05, 0) is 31.2 Å². The molecule has 0 radical (unpaired) electrons. The van der Waals surface area contributed by atoms with Crippen molar-refractivity contribution in [1.82, 2.24) is 30.3 Å². The van der Waals surface area contributed by atoms with E-state index in [1.165, 1.54) is 0 Å². The molecule has 140 valence electrons. The van der Waals surface area contributed by atoms with E-state index in [-0.39, 0.29) is 12.3 Å². The molecule has 4 rings (SSSR count). The number of aromatic nitrogens is 6. The van der Waals surface area contributed by atoms with Crippen LogP contribution in [0.2, 0.25) is 0 Å². The molecule has 0 saturated carbocycles. The lowest BCUT2D eigenvalue weighted by molar-refractivity contribution is -0.116. The van der Waals surface area contributed by atoms with E-state index in [1.807, 2.05) is 43.3 Å². The van der Waals surface area contributed by atoms with Gasteiger partial charge in [-0.25, -0.2) is 4.98 Å². The minimum absolute atomic E-state index is 0.152. The maximum Gasteiger partial charge on any atom is 0.227 e.